The minimum atomic E-state index is -0.449. The van der Waals surface area contributed by atoms with Crippen LogP contribution in [0.2, 0.25) is 0 Å². The highest BCUT2D eigenvalue weighted by Crippen LogP contribution is 2.34. The predicted molar refractivity (Wildman–Crippen MR) is 96.1 cm³/mol. The number of thioether (sulfide) groups is 1. The number of hydrogen-bond donors (Lipinski definition) is 1. The van der Waals surface area contributed by atoms with Gasteiger partial charge < -0.3 is 10.0 Å². The van der Waals surface area contributed by atoms with Crippen molar-refractivity contribution in [1.82, 2.24) is 4.90 Å². The van der Waals surface area contributed by atoms with Crippen molar-refractivity contribution in [2.24, 2.45) is 0 Å². The third-order valence-electron chi connectivity index (χ3n) is 4.81. The van der Waals surface area contributed by atoms with Crippen LogP contribution in [0.1, 0.15) is 37.5 Å². The molecule has 0 aliphatic carbocycles. The van der Waals surface area contributed by atoms with Crippen LogP contribution in [0.3, 0.4) is 0 Å². The van der Waals surface area contributed by atoms with Gasteiger partial charge in [-0.3, -0.25) is 9.69 Å². The zero-order chi connectivity index (χ0) is 16.4. The van der Waals surface area contributed by atoms with Crippen LogP contribution in [0.4, 0.5) is 5.69 Å². The molecular formula is C18H26N2O2S. The molecule has 2 atom stereocenters. The fraction of sp³-hybridized carbons (Fsp3) is 0.611. The second-order valence-corrected chi connectivity index (χ2v) is 7.71. The molecule has 1 saturated heterocycles. The third-order valence-corrected chi connectivity index (χ3v) is 5.75. The van der Waals surface area contributed by atoms with E-state index in [1.807, 2.05) is 35.7 Å². The Morgan fingerprint density at radius 1 is 1.39 bits per heavy atom. The van der Waals surface area contributed by atoms with Crippen LogP contribution >= 0.6 is 11.8 Å². The summed E-state index contributed by atoms with van der Waals surface area (Å²) in [6.07, 6.45) is 0.956. The Kier molecular flexibility index (Phi) is 5.29. The average Bonchev–Trinajstić information content (AvgIpc) is 2.90. The van der Waals surface area contributed by atoms with E-state index in [9.17, 15) is 9.90 Å². The van der Waals surface area contributed by atoms with Crippen LogP contribution in [-0.2, 0) is 11.2 Å². The second kappa shape index (κ2) is 7.24. The monoisotopic (exact) mass is 334 g/mol. The third kappa shape index (κ3) is 3.57. The molecule has 1 aromatic rings. The maximum absolute atomic E-state index is 12.1. The first kappa shape index (κ1) is 16.8. The largest absolute Gasteiger partial charge is 0.387 e. The predicted octanol–water partition coefficient (Wildman–Crippen LogP) is 2.46. The fourth-order valence-corrected chi connectivity index (χ4v) is 4.52. The lowest BCUT2D eigenvalue weighted by molar-refractivity contribution is -0.118. The molecule has 23 heavy (non-hydrogen) atoms. The van der Waals surface area contributed by atoms with E-state index in [0.717, 1.165) is 42.3 Å². The summed E-state index contributed by atoms with van der Waals surface area (Å²) in [5, 5.41) is 10.6. The highest BCUT2D eigenvalue weighted by molar-refractivity contribution is 7.99. The number of aliphatic hydroxyl groups is 1. The first-order chi connectivity index (χ1) is 11.1. The lowest BCUT2D eigenvalue weighted by atomic mass is 10.0. The zero-order valence-corrected chi connectivity index (χ0v) is 14.8. The molecule has 0 aromatic heterocycles. The van der Waals surface area contributed by atoms with Crippen molar-refractivity contribution >= 4 is 23.4 Å². The Labute approximate surface area is 142 Å². The van der Waals surface area contributed by atoms with Crippen molar-refractivity contribution in [2.45, 2.75) is 38.8 Å². The number of nitrogens with zero attached hydrogens (tertiary/aromatic N) is 2. The van der Waals surface area contributed by atoms with E-state index >= 15 is 0 Å². The van der Waals surface area contributed by atoms with E-state index in [-0.39, 0.29) is 11.9 Å². The van der Waals surface area contributed by atoms with Crippen LogP contribution in [0.25, 0.3) is 0 Å². The first-order valence-corrected chi connectivity index (χ1v) is 9.68. The van der Waals surface area contributed by atoms with Gasteiger partial charge in [0.25, 0.3) is 0 Å². The molecule has 2 heterocycles. The SMILES string of the molecule is CCC(=O)N1c2ccc([C@H](O)CN3CCSCC3)cc2C[C@H]1C. The van der Waals surface area contributed by atoms with Gasteiger partial charge in [-0.25, -0.2) is 0 Å². The molecule has 1 fully saturated rings. The first-order valence-electron chi connectivity index (χ1n) is 8.53. The minimum absolute atomic E-state index is 0.176. The maximum Gasteiger partial charge on any atom is 0.226 e. The molecule has 4 nitrogen and oxygen atoms in total. The van der Waals surface area contributed by atoms with Gasteiger partial charge in [0.05, 0.1) is 6.10 Å². The Morgan fingerprint density at radius 2 is 2.13 bits per heavy atom. The summed E-state index contributed by atoms with van der Waals surface area (Å²) in [5.74, 6) is 2.49. The number of hydrogen-bond acceptors (Lipinski definition) is 4. The van der Waals surface area contributed by atoms with E-state index in [0.29, 0.717) is 13.0 Å². The number of carbonyl (C=O) groups excluding carboxylic acids is 1. The fourth-order valence-electron chi connectivity index (χ4n) is 3.54. The summed E-state index contributed by atoms with van der Waals surface area (Å²) in [6.45, 7) is 6.81. The summed E-state index contributed by atoms with van der Waals surface area (Å²) >= 11 is 1.98. The van der Waals surface area contributed by atoms with Gasteiger partial charge >= 0.3 is 0 Å². The van der Waals surface area contributed by atoms with E-state index < -0.39 is 6.10 Å². The van der Waals surface area contributed by atoms with Gasteiger partial charge in [-0.2, -0.15) is 11.8 Å². The molecule has 1 N–H and O–H groups in total. The van der Waals surface area contributed by atoms with Gasteiger partial charge in [0.1, 0.15) is 0 Å². The summed E-state index contributed by atoms with van der Waals surface area (Å²) in [4.78, 5) is 16.4. The number of rotatable bonds is 4. The summed E-state index contributed by atoms with van der Waals surface area (Å²) in [5.41, 5.74) is 3.18. The number of carbonyl (C=O) groups is 1. The van der Waals surface area contributed by atoms with E-state index in [1.54, 1.807) is 0 Å². The molecule has 0 radical (unpaired) electrons. The number of anilines is 1. The van der Waals surface area contributed by atoms with Gasteiger partial charge in [0.2, 0.25) is 5.91 Å². The molecule has 126 valence electrons. The average molecular weight is 334 g/mol. The van der Waals surface area contributed by atoms with Crippen molar-refractivity contribution in [1.29, 1.82) is 0 Å². The van der Waals surface area contributed by atoms with E-state index in [4.69, 9.17) is 0 Å². The van der Waals surface area contributed by atoms with E-state index in [2.05, 4.69) is 17.9 Å². The quantitative estimate of drug-likeness (QED) is 0.919. The van der Waals surface area contributed by atoms with Crippen LogP contribution < -0.4 is 4.90 Å². The van der Waals surface area contributed by atoms with Crippen LogP contribution in [0.5, 0.6) is 0 Å². The molecule has 0 saturated carbocycles. The van der Waals surface area contributed by atoms with E-state index in [1.165, 1.54) is 5.56 Å². The Hall–Kier alpha value is -1.04. The number of amides is 1. The van der Waals surface area contributed by atoms with Crippen LogP contribution in [0, 0.1) is 0 Å². The Balaban J connectivity index is 1.73. The molecule has 2 aliphatic rings. The number of β-amino-alcohol motifs (C(OH)–C–C–N with tert-alkyl or cyclic N) is 1. The Bertz CT molecular complexity index is 572. The lowest BCUT2D eigenvalue weighted by Crippen LogP contribution is -2.35. The van der Waals surface area contributed by atoms with Crippen LogP contribution in [0.15, 0.2) is 18.2 Å². The molecule has 0 unspecified atom stereocenters. The van der Waals surface area contributed by atoms with Crippen molar-refractivity contribution < 1.29 is 9.90 Å². The molecule has 0 spiro atoms. The summed E-state index contributed by atoms with van der Waals surface area (Å²) in [7, 11) is 0. The van der Waals surface area contributed by atoms with Gasteiger partial charge in [0.15, 0.2) is 0 Å². The lowest BCUT2D eigenvalue weighted by Gasteiger charge is -2.28. The summed E-state index contributed by atoms with van der Waals surface area (Å²) < 4.78 is 0. The number of benzene rings is 1. The Morgan fingerprint density at radius 3 is 2.83 bits per heavy atom. The standard InChI is InChI=1S/C18H26N2O2S/c1-3-18(22)20-13(2)10-15-11-14(4-5-16(15)20)17(21)12-19-6-8-23-9-7-19/h4-5,11,13,17,21H,3,6-10,12H2,1-2H3/t13-,17-/m1/s1. The highest BCUT2D eigenvalue weighted by Gasteiger charge is 2.30. The van der Waals surface area contributed by atoms with Crippen molar-refractivity contribution in [3.8, 4) is 0 Å². The normalized spacial score (nSPS) is 22.9. The van der Waals surface area contributed by atoms with Crippen molar-refractivity contribution in [3.63, 3.8) is 0 Å². The molecule has 5 heteroatoms. The molecule has 1 amide bonds. The van der Waals surface area contributed by atoms with Crippen molar-refractivity contribution in [2.75, 3.05) is 36.0 Å². The number of aliphatic hydroxyl groups excluding tert-OH is 1. The topological polar surface area (TPSA) is 43.8 Å². The molecule has 2 aliphatic heterocycles. The molecule has 1 aromatic carbocycles. The van der Waals surface area contributed by atoms with Gasteiger partial charge in [-0.15, -0.1) is 0 Å². The second-order valence-electron chi connectivity index (χ2n) is 6.49. The van der Waals surface area contributed by atoms with Gasteiger partial charge in [-0.05, 0) is 30.5 Å². The van der Waals surface area contributed by atoms with Crippen molar-refractivity contribution in [3.05, 3.63) is 29.3 Å². The van der Waals surface area contributed by atoms with Crippen LogP contribution in [-0.4, -0.2) is 53.1 Å². The summed E-state index contributed by atoms with van der Waals surface area (Å²) in [6, 6.07) is 6.30. The molecule has 3 rings (SSSR count). The zero-order valence-electron chi connectivity index (χ0n) is 14.0. The highest BCUT2D eigenvalue weighted by atomic mass is 32.2. The smallest absolute Gasteiger partial charge is 0.226 e. The van der Waals surface area contributed by atoms with Gasteiger partial charge in [-0.1, -0.05) is 19.1 Å². The maximum atomic E-state index is 12.1. The van der Waals surface area contributed by atoms with Gasteiger partial charge in [0, 0.05) is 49.3 Å². The molecular weight excluding hydrogens is 308 g/mol. The molecule has 0 bridgehead atoms. The number of fused-ring (bicyclic) bond motifs is 1. The minimum Gasteiger partial charge on any atom is -0.387 e.